The maximum Gasteiger partial charge on any atom is 0.257 e. The van der Waals surface area contributed by atoms with E-state index in [4.69, 9.17) is 0 Å². The van der Waals surface area contributed by atoms with E-state index in [1.54, 1.807) is 34.3 Å². The van der Waals surface area contributed by atoms with Crippen LogP contribution in [-0.2, 0) is 14.1 Å². The average molecular weight is 340 g/mol. The van der Waals surface area contributed by atoms with Gasteiger partial charge in [0.15, 0.2) is 5.65 Å². The largest absolute Gasteiger partial charge is 0.352 e. The molecule has 0 spiro atoms. The Bertz CT molecular complexity index is 929. The van der Waals surface area contributed by atoms with E-state index < -0.39 is 0 Å². The fourth-order valence-corrected chi connectivity index (χ4v) is 3.35. The maximum absolute atomic E-state index is 12.7. The highest BCUT2D eigenvalue weighted by Crippen LogP contribution is 2.25. The van der Waals surface area contributed by atoms with Gasteiger partial charge in [-0.1, -0.05) is 0 Å². The van der Waals surface area contributed by atoms with Crippen LogP contribution in [0.5, 0.6) is 0 Å². The highest BCUT2D eigenvalue weighted by Gasteiger charge is 2.30. The minimum atomic E-state index is 0.0227. The molecule has 1 fully saturated rings. The van der Waals surface area contributed by atoms with Gasteiger partial charge in [0.2, 0.25) is 0 Å². The molecular formula is C16H20N8O. The van der Waals surface area contributed by atoms with Gasteiger partial charge in [-0.05, 0) is 6.92 Å². The second-order valence-electron chi connectivity index (χ2n) is 6.40. The highest BCUT2D eigenvalue weighted by atomic mass is 16.2. The van der Waals surface area contributed by atoms with Crippen LogP contribution in [-0.4, -0.2) is 66.0 Å². The Morgan fingerprint density at radius 2 is 2.00 bits per heavy atom. The van der Waals surface area contributed by atoms with Gasteiger partial charge in [0.1, 0.15) is 12.1 Å². The van der Waals surface area contributed by atoms with Crippen molar-refractivity contribution < 1.29 is 4.79 Å². The maximum atomic E-state index is 12.7. The SMILES string of the molecule is CC1CN(c2ncnc3c2cnn3C)CCN1C(=O)c1cnn(C)c1. The lowest BCUT2D eigenvalue weighted by molar-refractivity contribution is 0.0674. The molecule has 1 aliphatic heterocycles. The molecule has 3 aromatic heterocycles. The van der Waals surface area contributed by atoms with Crippen molar-refractivity contribution in [2.45, 2.75) is 13.0 Å². The van der Waals surface area contributed by atoms with Crippen molar-refractivity contribution in [1.82, 2.24) is 34.4 Å². The van der Waals surface area contributed by atoms with E-state index in [1.165, 1.54) is 0 Å². The van der Waals surface area contributed by atoms with E-state index >= 15 is 0 Å². The van der Waals surface area contributed by atoms with Crippen molar-refractivity contribution in [3.8, 4) is 0 Å². The van der Waals surface area contributed by atoms with E-state index in [1.807, 2.05) is 19.0 Å². The Kier molecular flexibility index (Phi) is 3.63. The number of aromatic nitrogens is 6. The van der Waals surface area contributed by atoms with Gasteiger partial charge in [0.25, 0.3) is 5.91 Å². The van der Waals surface area contributed by atoms with Crippen LogP contribution in [0.2, 0.25) is 0 Å². The van der Waals surface area contributed by atoms with Gasteiger partial charge in [0, 0.05) is 46.0 Å². The standard InChI is InChI=1S/C16H20N8O/c1-11-8-23(15-13-7-20-22(3)14(13)17-10-18-15)4-5-24(11)16(25)12-6-19-21(2)9-12/h6-7,9-11H,4-5,8H2,1-3H3. The van der Waals surface area contributed by atoms with Gasteiger partial charge >= 0.3 is 0 Å². The normalized spacial score (nSPS) is 18.1. The average Bonchev–Trinajstić information content (AvgIpc) is 3.20. The number of hydrogen-bond acceptors (Lipinski definition) is 6. The van der Waals surface area contributed by atoms with E-state index in [0.29, 0.717) is 18.7 Å². The van der Waals surface area contributed by atoms with Crippen molar-refractivity contribution in [1.29, 1.82) is 0 Å². The van der Waals surface area contributed by atoms with E-state index in [9.17, 15) is 4.79 Å². The third-order valence-corrected chi connectivity index (χ3v) is 4.65. The van der Waals surface area contributed by atoms with E-state index in [-0.39, 0.29) is 11.9 Å². The van der Waals surface area contributed by atoms with E-state index in [2.05, 4.69) is 32.0 Å². The van der Waals surface area contributed by atoms with Crippen LogP contribution >= 0.6 is 0 Å². The first-order chi connectivity index (χ1) is 12.0. The van der Waals surface area contributed by atoms with E-state index in [0.717, 1.165) is 23.4 Å². The molecule has 1 saturated heterocycles. The number of rotatable bonds is 2. The van der Waals surface area contributed by atoms with Crippen LogP contribution in [0.25, 0.3) is 11.0 Å². The Balaban J connectivity index is 1.56. The summed E-state index contributed by atoms with van der Waals surface area (Å²) in [5, 5.41) is 9.29. The van der Waals surface area contributed by atoms with Gasteiger partial charge in [-0.2, -0.15) is 10.2 Å². The second-order valence-corrected chi connectivity index (χ2v) is 6.40. The number of fused-ring (bicyclic) bond motifs is 1. The zero-order chi connectivity index (χ0) is 17.6. The number of carbonyl (C=O) groups is 1. The number of piperazine rings is 1. The molecule has 0 aliphatic carbocycles. The van der Waals surface area contributed by atoms with Gasteiger partial charge in [-0.25, -0.2) is 9.97 Å². The quantitative estimate of drug-likeness (QED) is 0.673. The summed E-state index contributed by atoms with van der Waals surface area (Å²) < 4.78 is 3.39. The van der Waals surface area contributed by atoms with Crippen LogP contribution in [0.4, 0.5) is 5.82 Å². The number of hydrogen-bond donors (Lipinski definition) is 0. The molecule has 130 valence electrons. The third kappa shape index (κ3) is 2.61. The molecule has 3 aromatic rings. The minimum Gasteiger partial charge on any atom is -0.352 e. The summed E-state index contributed by atoms with van der Waals surface area (Å²) in [5.41, 5.74) is 1.44. The number of carbonyl (C=O) groups excluding carboxylic acids is 1. The van der Waals surface area contributed by atoms with Crippen molar-refractivity contribution in [3.63, 3.8) is 0 Å². The second kappa shape index (κ2) is 5.83. The Morgan fingerprint density at radius 1 is 1.16 bits per heavy atom. The molecule has 0 aromatic carbocycles. The summed E-state index contributed by atoms with van der Waals surface area (Å²) in [4.78, 5) is 25.5. The first kappa shape index (κ1) is 15.6. The molecule has 0 N–H and O–H groups in total. The van der Waals surface area contributed by atoms with Crippen LogP contribution in [0.15, 0.2) is 24.9 Å². The molecule has 4 rings (SSSR count). The van der Waals surface area contributed by atoms with Crippen molar-refractivity contribution >= 4 is 22.8 Å². The molecule has 0 bridgehead atoms. The molecular weight excluding hydrogens is 320 g/mol. The van der Waals surface area contributed by atoms with Crippen molar-refractivity contribution in [3.05, 3.63) is 30.5 Å². The smallest absolute Gasteiger partial charge is 0.257 e. The molecule has 1 amide bonds. The zero-order valence-electron chi connectivity index (χ0n) is 14.5. The molecule has 9 heteroatoms. The molecule has 0 saturated carbocycles. The minimum absolute atomic E-state index is 0.0227. The van der Waals surface area contributed by atoms with Gasteiger partial charge in [0.05, 0.1) is 23.3 Å². The monoisotopic (exact) mass is 340 g/mol. The molecule has 1 unspecified atom stereocenters. The van der Waals surface area contributed by atoms with Crippen LogP contribution in [0.3, 0.4) is 0 Å². The fourth-order valence-electron chi connectivity index (χ4n) is 3.35. The molecule has 1 atom stereocenters. The molecule has 9 nitrogen and oxygen atoms in total. The summed E-state index contributed by atoms with van der Waals surface area (Å²) in [6, 6.07) is 0.0724. The van der Waals surface area contributed by atoms with Crippen LogP contribution in [0, 0.1) is 0 Å². The predicted molar refractivity (Wildman–Crippen MR) is 92.2 cm³/mol. The van der Waals surface area contributed by atoms with Gasteiger partial charge in [-0.3, -0.25) is 14.2 Å². The molecule has 4 heterocycles. The summed E-state index contributed by atoms with van der Waals surface area (Å²) in [7, 11) is 3.68. The van der Waals surface area contributed by atoms with Crippen LogP contribution in [0.1, 0.15) is 17.3 Å². The highest BCUT2D eigenvalue weighted by molar-refractivity contribution is 5.94. The van der Waals surface area contributed by atoms with Crippen LogP contribution < -0.4 is 4.90 Å². The predicted octanol–water partition coefficient (Wildman–Crippen LogP) is 0.448. The lowest BCUT2D eigenvalue weighted by Crippen LogP contribution is -2.54. The lowest BCUT2D eigenvalue weighted by atomic mass is 10.1. The fraction of sp³-hybridized carbons (Fsp3) is 0.438. The Morgan fingerprint density at radius 3 is 2.72 bits per heavy atom. The topological polar surface area (TPSA) is 85.0 Å². The Hall–Kier alpha value is -2.97. The number of amides is 1. The molecule has 1 aliphatic rings. The molecule has 0 radical (unpaired) electrons. The molecule has 25 heavy (non-hydrogen) atoms. The third-order valence-electron chi connectivity index (χ3n) is 4.65. The summed E-state index contributed by atoms with van der Waals surface area (Å²) >= 11 is 0. The summed E-state index contributed by atoms with van der Waals surface area (Å²) in [6.07, 6.45) is 6.73. The van der Waals surface area contributed by atoms with Gasteiger partial charge < -0.3 is 9.80 Å². The summed E-state index contributed by atoms with van der Waals surface area (Å²) in [5.74, 6) is 0.896. The zero-order valence-corrected chi connectivity index (χ0v) is 14.5. The van der Waals surface area contributed by atoms with Crippen molar-refractivity contribution in [2.24, 2.45) is 14.1 Å². The van der Waals surface area contributed by atoms with Crippen molar-refractivity contribution in [2.75, 3.05) is 24.5 Å². The van der Waals surface area contributed by atoms with Gasteiger partial charge in [-0.15, -0.1) is 0 Å². The number of nitrogens with zero attached hydrogens (tertiary/aromatic N) is 8. The number of anilines is 1. The Labute approximate surface area is 144 Å². The number of aryl methyl sites for hydroxylation is 2. The first-order valence-corrected chi connectivity index (χ1v) is 8.22. The summed E-state index contributed by atoms with van der Waals surface area (Å²) in [6.45, 7) is 4.13. The first-order valence-electron chi connectivity index (χ1n) is 8.22. The lowest BCUT2D eigenvalue weighted by Gasteiger charge is -2.40.